The van der Waals surface area contributed by atoms with Gasteiger partial charge in [-0.3, -0.25) is 9.69 Å². The number of rotatable bonds is 2. The monoisotopic (exact) mass is 295 g/mol. The first-order valence-corrected chi connectivity index (χ1v) is 8.08. The van der Waals surface area contributed by atoms with Crippen molar-refractivity contribution in [2.75, 3.05) is 19.6 Å². The first kappa shape index (κ1) is 14.6. The van der Waals surface area contributed by atoms with E-state index in [0.29, 0.717) is 18.9 Å². The van der Waals surface area contributed by atoms with Crippen LogP contribution in [-0.4, -0.2) is 64.7 Å². The summed E-state index contributed by atoms with van der Waals surface area (Å²) in [6.07, 6.45) is 4.43. The van der Waals surface area contributed by atoms with E-state index in [1.807, 2.05) is 4.90 Å². The number of amides is 2. The van der Waals surface area contributed by atoms with Gasteiger partial charge in [-0.15, -0.1) is 0 Å². The first-order chi connectivity index (χ1) is 10.0. The minimum Gasteiger partial charge on any atom is -0.481 e. The van der Waals surface area contributed by atoms with Crippen LogP contribution >= 0.6 is 0 Å². The van der Waals surface area contributed by atoms with E-state index in [1.54, 1.807) is 0 Å². The summed E-state index contributed by atoms with van der Waals surface area (Å²) in [5.41, 5.74) is 0. The fraction of sp³-hybridized carbons (Fsp3) is 0.867. The second-order valence-electron chi connectivity index (χ2n) is 6.79. The normalized spacial score (nSPS) is 36.5. The Bertz CT molecular complexity index is 428. The van der Waals surface area contributed by atoms with E-state index in [0.717, 1.165) is 26.1 Å². The molecule has 2 N–H and O–H groups in total. The van der Waals surface area contributed by atoms with Crippen molar-refractivity contribution >= 4 is 12.0 Å². The van der Waals surface area contributed by atoms with Gasteiger partial charge in [-0.25, -0.2) is 4.79 Å². The fourth-order valence-corrected chi connectivity index (χ4v) is 4.06. The third-order valence-corrected chi connectivity index (χ3v) is 5.31. The van der Waals surface area contributed by atoms with Crippen molar-refractivity contribution in [1.29, 1.82) is 0 Å². The topological polar surface area (TPSA) is 72.9 Å². The Morgan fingerprint density at radius 3 is 2.71 bits per heavy atom. The smallest absolute Gasteiger partial charge is 0.317 e. The molecule has 1 aliphatic carbocycles. The van der Waals surface area contributed by atoms with Gasteiger partial charge in [0.1, 0.15) is 0 Å². The Hall–Kier alpha value is -1.30. The quantitative estimate of drug-likeness (QED) is 0.800. The molecule has 4 unspecified atom stereocenters. The molecule has 21 heavy (non-hydrogen) atoms. The highest BCUT2D eigenvalue weighted by Gasteiger charge is 2.38. The van der Waals surface area contributed by atoms with Crippen LogP contribution in [0.5, 0.6) is 0 Å². The number of aliphatic carboxylic acids is 1. The van der Waals surface area contributed by atoms with Gasteiger partial charge in [-0.2, -0.15) is 0 Å². The Kier molecular flexibility index (Phi) is 4.06. The van der Waals surface area contributed by atoms with Crippen LogP contribution in [0.15, 0.2) is 0 Å². The molecule has 0 aromatic rings. The number of carbonyl (C=O) groups excluding carboxylic acids is 1. The van der Waals surface area contributed by atoms with E-state index in [4.69, 9.17) is 5.11 Å². The number of carbonyl (C=O) groups is 2. The lowest BCUT2D eigenvalue weighted by atomic mass is 10.1. The van der Waals surface area contributed by atoms with Gasteiger partial charge in [-0.05, 0) is 45.6 Å². The summed E-state index contributed by atoms with van der Waals surface area (Å²) in [5, 5.41) is 12.1. The highest BCUT2D eigenvalue weighted by molar-refractivity contribution is 5.76. The van der Waals surface area contributed by atoms with Crippen molar-refractivity contribution < 1.29 is 14.7 Å². The highest BCUT2D eigenvalue weighted by atomic mass is 16.4. The zero-order chi connectivity index (χ0) is 15.0. The molecule has 0 aromatic heterocycles. The maximum absolute atomic E-state index is 12.5. The average Bonchev–Trinajstić information content (AvgIpc) is 3.05. The molecule has 2 heterocycles. The van der Waals surface area contributed by atoms with Crippen molar-refractivity contribution in [1.82, 2.24) is 15.1 Å². The molecule has 0 bridgehead atoms. The van der Waals surface area contributed by atoms with Gasteiger partial charge >= 0.3 is 12.0 Å². The number of urea groups is 1. The largest absolute Gasteiger partial charge is 0.481 e. The molecule has 2 aliphatic heterocycles. The Balaban J connectivity index is 1.54. The molecule has 1 saturated carbocycles. The van der Waals surface area contributed by atoms with Crippen molar-refractivity contribution in [2.45, 2.75) is 57.2 Å². The minimum atomic E-state index is -0.736. The molecule has 3 rings (SSSR count). The van der Waals surface area contributed by atoms with Gasteiger partial charge in [0, 0.05) is 31.2 Å². The van der Waals surface area contributed by atoms with Crippen LogP contribution in [0.2, 0.25) is 0 Å². The van der Waals surface area contributed by atoms with Crippen LogP contribution < -0.4 is 5.32 Å². The highest BCUT2D eigenvalue weighted by Crippen LogP contribution is 2.27. The van der Waals surface area contributed by atoms with Gasteiger partial charge in [0.05, 0.1) is 5.92 Å². The number of piperazine rings is 1. The SMILES string of the molecule is CC1CN2CCCC2CN1C(=O)NC1CCC(C(=O)O)C1. The number of carboxylic acid groups (broad SMARTS) is 1. The predicted octanol–water partition coefficient (Wildman–Crippen LogP) is 1.12. The lowest BCUT2D eigenvalue weighted by Gasteiger charge is -2.42. The molecule has 0 aromatic carbocycles. The average molecular weight is 295 g/mol. The summed E-state index contributed by atoms with van der Waals surface area (Å²) < 4.78 is 0. The molecule has 2 amide bonds. The van der Waals surface area contributed by atoms with Gasteiger partial charge in [-0.1, -0.05) is 0 Å². The van der Waals surface area contributed by atoms with E-state index in [2.05, 4.69) is 17.1 Å². The minimum absolute atomic E-state index is 0.00918. The zero-order valence-electron chi connectivity index (χ0n) is 12.6. The number of carboxylic acids is 1. The summed E-state index contributed by atoms with van der Waals surface area (Å²) >= 11 is 0. The number of hydrogen-bond acceptors (Lipinski definition) is 3. The maximum Gasteiger partial charge on any atom is 0.317 e. The predicted molar refractivity (Wildman–Crippen MR) is 78.1 cm³/mol. The molecule has 3 fully saturated rings. The fourth-order valence-electron chi connectivity index (χ4n) is 4.06. The zero-order valence-corrected chi connectivity index (χ0v) is 12.6. The standard InChI is InChI=1S/C15H25N3O3/c1-10-8-17-6-2-3-13(17)9-18(10)15(21)16-12-5-4-11(7-12)14(19)20/h10-13H,2-9H2,1H3,(H,16,21)(H,19,20). The third-order valence-electron chi connectivity index (χ3n) is 5.31. The van der Waals surface area contributed by atoms with Crippen LogP contribution in [0.1, 0.15) is 39.0 Å². The maximum atomic E-state index is 12.5. The van der Waals surface area contributed by atoms with Crippen molar-refractivity contribution in [3.05, 3.63) is 0 Å². The van der Waals surface area contributed by atoms with Crippen molar-refractivity contribution in [3.8, 4) is 0 Å². The van der Waals surface area contributed by atoms with E-state index >= 15 is 0 Å². The lowest BCUT2D eigenvalue weighted by Crippen LogP contribution is -2.59. The summed E-state index contributed by atoms with van der Waals surface area (Å²) in [7, 11) is 0. The molecule has 118 valence electrons. The van der Waals surface area contributed by atoms with Crippen LogP contribution in [0.4, 0.5) is 4.79 Å². The molecule has 0 radical (unpaired) electrons. The van der Waals surface area contributed by atoms with Gasteiger partial charge < -0.3 is 15.3 Å². The summed E-state index contributed by atoms with van der Waals surface area (Å²) in [6, 6.07) is 0.760. The molecule has 3 aliphatic rings. The van der Waals surface area contributed by atoms with Crippen LogP contribution in [0.25, 0.3) is 0 Å². The van der Waals surface area contributed by atoms with E-state index in [1.165, 1.54) is 12.8 Å². The van der Waals surface area contributed by atoms with Crippen molar-refractivity contribution in [2.24, 2.45) is 5.92 Å². The van der Waals surface area contributed by atoms with Crippen LogP contribution in [-0.2, 0) is 4.79 Å². The Morgan fingerprint density at radius 2 is 2.00 bits per heavy atom. The summed E-state index contributed by atoms with van der Waals surface area (Å²) in [6.45, 7) is 5.03. The van der Waals surface area contributed by atoms with E-state index in [9.17, 15) is 9.59 Å². The summed E-state index contributed by atoms with van der Waals surface area (Å²) in [5.74, 6) is -1.03. The number of nitrogens with zero attached hydrogens (tertiary/aromatic N) is 2. The van der Waals surface area contributed by atoms with Crippen molar-refractivity contribution in [3.63, 3.8) is 0 Å². The van der Waals surface area contributed by atoms with Gasteiger partial charge in [0.2, 0.25) is 0 Å². The summed E-state index contributed by atoms with van der Waals surface area (Å²) in [4.78, 5) is 27.9. The third kappa shape index (κ3) is 3.00. The van der Waals surface area contributed by atoms with E-state index < -0.39 is 5.97 Å². The molecule has 6 heteroatoms. The van der Waals surface area contributed by atoms with Crippen LogP contribution in [0, 0.1) is 5.92 Å². The molecule has 6 nitrogen and oxygen atoms in total. The molecule has 4 atom stereocenters. The number of nitrogens with one attached hydrogen (secondary N) is 1. The molecule has 2 saturated heterocycles. The molecular formula is C15H25N3O3. The second-order valence-corrected chi connectivity index (χ2v) is 6.79. The van der Waals surface area contributed by atoms with Gasteiger partial charge in [0.25, 0.3) is 0 Å². The van der Waals surface area contributed by atoms with Gasteiger partial charge in [0.15, 0.2) is 0 Å². The second kappa shape index (κ2) is 5.83. The molecular weight excluding hydrogens is 270 g/mol. The molecule has 0 spiro atoms. The Morgan fingerprint density at radius 1 is 1.19 bits per heavy atom. The Labute approximate surface area is 125 Å². The number of hydrogen-bond donors (Lipinski definition) is 2. The lowest BCUT2D eigenvalue weighted by molar-refractivity contribution is -0.141. The van der Waals surface area contributed by atoms with E-state index in [-0.39, 0.29) is 24.0 Å². The number of fused-ring (bicyclic) bond motifs is 1. The first-order valence-electron chi connectivity index (χ1n) is 8.08. The van der Waals surface area contributed by atoms with Crippen LogP contribution in [0.3, 0.4) is 0 Å².